The maximum absolute atomic E-state index is 12.8. The maximum atomic E-state index is 12.8. The van der Waals surface area contributed by atoms with Crippen molar-refractivity contribution in [1.29, 1.82) is 0 Å². The molecule has 0 bridgehead atoms. The van der Waals surface area contributed by atoms with Crippen LogP contribution in [0.5, 0.6) is 0 Å². The lowest BCUT2D eigenvalue weighted by atomic mass is 10.0. The molecule has 9 heteroatoms. The third-order valence-corrected chi connectivity index (χ3v) is 3.23. The van der Waals surface area contributed by atoms with Gasteiger partial charge in [0.15, 0.2) is 0 Å². The van der Waals surface area contributed by atoms with E-state index in [1.54, 1.807) is 20.8 Å². The lowest BCUT2D eigenvalue weighted by Gasteiger charge is -2.19. The number of rotatable bonds is 6. The lowest BCUT2D eigenvalue weighted by molar-refractivity contribution is -0.141. The van der Waals surface area contributed by atoms with Crippen LogP contribution in [0.15, 0.2) is 12.3 Å². The predicted octanol–water partition coefficient (Wildman–Crippen LogP) is 3.73. The molecule has 1 heterocycles. The number of carbonyl (C=O) groups is 2. The van der Waals surface area contributed by atoms with E-state index in [4.69, 9.17) is 4.74 Å². The van der Waals surface area contributed by atoms with Crippen molar-refractivity contribution in [3.05, 3.63) is 29.1 Å². The summed E-state index contributed by atoms with van der Waals surface area (Å²) in [5.74, 6) is -0.742. The normalized spacial score (nSPS) is 11.8. The molecular weight excluding hydrogens is 353 g/mol. The zero-order chi connectivity index (χ0) is 20.0. The first kappa shape index (κ1) is 21.7. The number of aryl methyl sites for hydroxylation is 1. The largest absolute Gasteiger partial charge is 0.465 e. The number of hydrogen-bond acceptors (Lipinski definition) is 5. The third-order valence-electron chi connectivity index (χ3n) is 3.23. The summed E-state index contributed by atoms with van der Waals surface area (Å²) in [6.45, 7) is 5.52. The number of halogens is 3. The van der Waals surface area contributed by atoms with Crippen molar-refractivity contribution in [2.24, 2.45) is 0 Å². The van der Waals surface area contributed by atoms with E-state index >= 15 is 0 Å². The van der Waals surface area contributed by atoms with Crippen molar-refractivity contribution in [1.82, 2.24) is 10.3 Å². The molecule has 0 aromatic carbocycles. The third kappa shape index (κ3) is 7.28. The molecule has 146 valence electrons. The number of unbranched alkanes of at least 4 members (excludes halogenated alkanes) is 1. The first-order chi connectivity index (χ1) is 11.9. The standard InChI is InChI=1S/C17H23F3N2O4/c1-16(2,3)26-15(24)21-8-6-5-7-11-9-13(17(18,19)20)22-10-12(11)14(23)25-4/h9-10H,5-8H2,1-4H3,(H,21,24). The smallest absolute Gasteiger partial charge is 0.433 e. The number of methoxy groups -OCH3 is 1. The number of nitrogens with one attached hydrogen (secondary N) is 1. The minimum Gasteiger partial charge on any atom is -0.465 e. The van der Waals surface area contributed by atoms with Crippen LogP contribution in [-0.4, -0.2) is 36.3 Å². The van der Waals surface area contributed by atoms with Gasteiger partial charge in [-0.15, -0.1) is 0 Å². The first-order valence-corrected chi connectivity index (χ1v) is 8.05. The molecule has 1 amide bonds. The number of carbonyl (C=O) groups excluding carboxylic acids is 2. The molecule has 6 nitrogen and oxygen atoms in total. The Morgan fingerprint density at radius 3 is 2.38 bits per heavy atom. The fraction of sp³-hybridized carbons (Fsp3) is 0.588. The first-order valence-electron chi connectivity index (χ1n) is 8.05. The average molecular weight is 376 g/mol. The van der Waals surface area contributed by atoms with E-state index in [9.17, 15) is 22.8 Å². The van der Waals surface area contributed by atoms with Crippen LogP contribution >= 0.6 is 0 Å². The van der Waals surface area contributed by atoms with Crippen molar-refractivity contribution >= 4 is 12.1 Å². The monoisotopic (exact) mass is 376 g/mol. The van der Waals surface area contributed by atoms with Crippen LogP contribution < -0.4 is 5.32 Å². The van der Waals surface area contributed by atoms with E-state index in [-0.39, 0.29) is 17.5 Å². The van der Waals surface area contributed by atoms with Crippen LogP contribution in [0.3, 0.4) is 0 Å². The molecule has 0 aliphatic heterocycles. The van der Waals surface area contributed by atoms with Gasteiger partial charge in [0.2, 0.25) is 0 Å². The van der Waals surface area contributed by atoms with Gasteiger partial charge in [0, 0.05) is 12.7 Å². The van der Waals surface area contributed by atoms with Crippen LogP contribution in [0.4, 0.5) is 18.0 Å². The number of ether oxygens (including phenoxy) is 2. The van der Waals surface area contributed by atoms with Gasteiger partial charge in [-0.3, -0.25) is 4.98 Å². The molecular formula is C17H23F3N2O4. The molecule has 0 fully saturated rings. The second-order valence-electron chi connectivity index (χ2n) is 6.60. The summed E-state index contributed by atoms with van der Waals surface area (Å²) in [6, 6.07) is 0.855. The Morgan fingerprint density at radius 1 is 1.19 bits per heavy atom. The Hall–Kier alpha value is -2.32. The van der Waals surface area contributed by atoms with Gasteiger partial charge in [0.1, 0.15) is 11.3 Å². The van der Waals surface area contributed by atoms with Gasteiger partial charge in [0.05, 0.1) is 12.7 Å². The molecule has 1 rings (SSSR count). The molecule has 1 N–H and O–H groups in total. The molecule has 1 aromatic heterocycles. The van der Waals surface area contributed by atoms with Crippen molar-refractivity contribution in [3.8, 4) is 0 Å². The summed E-state index contributed by atoms with van der Waals surface area (Å²) in [5.41, 5.74) is -1.46. The predicted molar refractivity (Wildman–Crippen MR) is 87.8 cm³/mol. The molecule has 0 aliphatic carbocycles. The number of alkyl halides is 3. The van der Waals surface area contributed by atoms with E-state index < -0.39 is 29.5 Å². The highest BCUT2D eigenvalue weighted by Gasteiger charge is 2.33. The molecule has 0 aliphatic rings. The molecule has 0 radical (unpaired) electrons. The van der Waals surface area contributed by atoms with Gasteiger partial charge in [-0.2, -0.15) is 13.2 Å². The Bertz CT molecular complexity index is 640. The highest BCUT2D eigenvalue weighted by atomic mass is 19.4. The molecule has 0 unspecified atom stereocenters. The lowest BCUT2D eigenvalue weighted by Crippen LogP contribution is -2.33. The minimum absolute atomic E-state index is 0.000557. The van der Waals surface area contributed by atoms with Crippen molar-refractivity contribution in [3.63, 3.8) is 0 Å². The van der Waals surface area contributed by atoms with Gasteiger partial charge in [-0.05, 0) is 51.7 Å². The van der Waals surface area contributed by atoms with Crippen molar-refractivity contribution in [2.75, 3.05) is 13.7 Å². The summed E-state index contributed by atoms with van der Waals surface area (Å²) in [6.07, 6.45) is -3.10. The molecule has 26 heavy (non-hydrogen) atoms. The molecule has 0 spiro atoms. The number of amides is 1. The molecule has 0 saturated heterocycles. The number of aromatic nitrogens is 1. The summed E-state index contributed by atoms with van der Waals surface area (Å²) in [7, 11) is 1.15. The summed E-state index contributed by atoms with van der Waals surface area (Å²) < 4.78 is 48.1. The highest BCUT2D eigenvalue weighted by Crippen LogP contribution is 2.29. The number of hydrogen-bond donors (Lipinski definition) is 1. The average Bonchev–Trinajstić information content (AvgIpc) is 2.51. The van der Waals surface area contributed by atoms with Crippen LogP contribution in [0.2, 0.25) is 0 Å². The fourth-order valence-corrected chi connectivity index (χ4v) is 2.10. The quantitative estimate of drug-likeness (QED) is 0.605. The van der Waals surface area contributed by atoms with Crippen LogP contribution in [0.25, 0.3) is 0 Å². The Morgan fingerprint density at radius 2 is 1.85 bits per heavy atom. The second-order valence-corrected chi connectivity index (χ2v) is 6.60. The number of alkyl carbamates (subject to hydrolysis) is 1. The van der Waals surface area contributed by atoms with Crippen LogP contribution in [0.1, 0.15) is 55.2 Å². The summed E-state index contributed by atoms with van der Waals surface area (Å²) >= 11 is 0. The summed E-state index contributed by atoms with van der Waals surface area (Å²) in [4.78, 5) is 26.5. The highest BCUT2D eigenvalue weighted by molar-refractivity contribution is 5.90. The van der Waals surface area contributed by atoms with Crippen LogP contribution in [-0.2, 0) is 22.1 Å². The van der Waals surface area contributed by atoms with E-state index in [0.29, 0.717) is 19.4 Å². The van der Waals surface area contributed by atoms with Crippen LogP contribution in [0, 0.1) is 0 Å². The Kier molecular flexibility index (Phi) is 7.41. The maximum Gasteiger partial charge on any atom is 0.433 e. The van der Waals surface area contributed by atoms with Gasteiger partial charge in [-0.1, -0.05) is 0 Å². The van der Waals surface area contributed by atoms with E-state index in [1.165, 1.54) is 0 Å². The Labute approximate surface area is 150 Å². The van der Waals surface area contributed by atoms with E-state index in [0.717, 1.165) is 19.4 Å². The van der Waals surface area contributed by atoms with Gasteiger partial charge >= 0.3 is 18.2 Å². The SMILES string of the molecule is COC(=O)c1cnc(C(F)(F)F)cc1CCCCNC(=O)OC(C)(C)C. The molecule has 1 aromatic rings. The second kappa shape index (κ2) is 8.86. The number of pyridine rings is 1. The minimum atomic E-state index is -4.60. The van der Waals surface area contributed by atoms with Gasteiger partial charge < -0.3 is 14.8 Å². The van der Waals surface area contributed by atoms with Crippen molar-refractivity contribution in [2.45, 2.75) is 51.8 Å². The number of nitrogens with zero attached hydrogens (tertiary/aromatic N) is 1. The summed E-state index contributed by atoms with van der Waals surface area (Å²) in [5, 5.41) is 2.56. The van der Waals surface area contributed by atoms with E-state index in [1.807, 2.05) is 0 Å². The topological polar surface area (TPSA) is 77.5 Å². The fourth-order valence-electron chi connectivity index (χ4n) is 2.10. The zero-order valence-electron chi connectivity index (χ0n) is 15.2. The van der Waals surface area contributed by atoms with Gasteiger partial charge in [-0.25, -0.2) is 9.59 Å². The van der Waals surface area contributed by atoms with Crippen molar-refractivity contribution < 1.29 is 32.2 Å². The number of esters is 1. The Balaban J connectivity index is 2.65. The molecule has 0 atom stereocenters. The zero-order valence-corrected chi connectivity index (χ0v) is 15.2. The molecule has 0 saturated carbocycles. The van der Waals surface area contributed by atoms with Gasteiger partial charge in [0.25, 0.3) is 0 Å². The van der Waals surface area contributed by atoms with E-state index in [2.05, 4.69) is 15.0 Å².